The number of amides is 2. The molecule has 1 aromatic rings. The van der Waals surface area contributed by atoms with Crippen LogP contribution in [0.5, 0.6) is 0 Å². The van der Waals surface area contributed by atoms with Gasteiger partial charge < -0.3 is 15.3 Å². The molecule has 0 aromatic heterocycles. The number of likely N-dealkylation sites (tertiary alicyclic amines) is 1. The lowest BCUT2D eigenvalue weighted by atomic mass is 10.0. The van der Waals surface area contributed by atoms with Crippen molar-refractivity contribution in [2.24, 2.45) is 5.92 Å². The zero-order valence-electron chi connectivity index (χ0n) is 11.5. The van der Waals surface area contributed by atoms with Crippen molar-refractivity contribution in [2.75, 3.05) is 18.4 Å². The fraction of sp³-hybridized carbons (Fsp3) is 0.429. The summed E-state index contributed by atoms with van der Waals surface area (Å²) in [5, 5.41) is 12.7. The van der Waals surface area contributed by atoms with Crippen LogP contribution in [-0.4, -0.2) is 41.0 Å². The van der Waals surface area contributed by atoms with Gasteiger partial charge >= 0.3 is 11.8 Å². The average molecular weight is 331 g/mol. The monoisotopic (exact) mass is 330 g/mol. The van der Waals surface area contributed by atoms with Gasteiger partial charge in [0.1, 0.15) is 0 Å². The zero-order chi connectivity index (χ0) is 15.6. The van der Waals surface area contributed by atoms with Crippen molar-refractivity contribution in [3.8, 4) is 0 Å². The molecule has 2 rings (SSSR count). The second-order valence-corrected chi connectivity index (χ2v) is 5.96. The summed E-state index contributed by atoms with van der Waals surface area (Å²) in [5.41, 5.74) is 0.339. The van der Waals surface area contributed by atoms with Crippen LogP contribution in [0.25, 0.3) is 0 Å². The first-order chi connectivity index (χ1) is 9.88. The molecule has 114 valence electrons. The van der Waals surface area contributed by atoms with E-state index in [1.807, 2.05) is 0 Å². The Bertz CT molecular complexity index is 563. The standard InChI is InChI=1S/C14H16Cl2N2O3/c1-8(19)9-4-5-18(7-9)14(21)13(20)17-12-3-2-10(15)6-11(12)16/h2-3,6,8-9,19H,4-5,7H2,1H3,(H,17,20). The van der Waals surface area contributed by atoms with Gasteiger partial charge in [-0.2, -0.15) is 0 Å². The zero-order valence-corrected chi connectivity index (χ0v) is 13.0. The Labute approximate surface area is 132 Å². The van der Waals surface area contributed by atoms with Crippen LogP contribution < -0.4 is 5.32 Å². The second kappa shape index (κ2) is 6.64. The van der Waals surface area contributed by atoms with Crippen LogP contribution in [-0.2, 0) is 9.59 Å². The molecule has 2 amide bonds. The Morgan fingerprint density at radius 1 is 1.43 bits per heavy atom. The maximum atomic E-state index is 12.1. The number of carbonyl (C=O) groups excluding carboxylic acids is 2. The van der Waals surface area contributed by atoms with E-state index in [4.69, 9.17) is 23.2 Å². The van der Waals surface area contributed by atoms with E-state index in [1.165, 1.54) is 11.0 Å². The van der Waals surface area contributed by atoms with Gasteiger partial charge in [0.2, 0.25) is 0 Å². The van der Waals surface area contributed by atoms with Crippen LogP contribution in [0.1, 0.15) is 13.3 Å². The summed E-state index contributed by atoms with van der Waals surface area (Å²) in [5.74, 6) is -1.35. The van der Waals surface area contributed by atoms with Crippen LogP contribution in [0.2, 0.25) is 10.0 Å². The topological polar surface area (TPSA) is 69.6 Å². The van der Waals surface area contributed by atoms with Crippen LogP contribution in [0, 0.1) is 5.92 Å². The van der Waals surface area contributed by atoms with Crippen molar-refractivity contribution < 1.29 is 14.7 Å². The summed E-state index contributed by atoms with van der Waals surface area (Å²) in [6, 6.07) is 4.60. The molecule has 7 heteroatoms. The minimum Gasteiger partial charge on any atom is -0.393 e. The molecule has 1 saturated heterocycles. The highest BCUT2D eigenvalue weighted by Gasteiger charge is 2.32. The molecule has 5 nitrogen and oxygen atoms in total. The van der Waals surface area contributed by atoms with E-state index in [0.29, 0.717) is 30.2 Å². The van der Waals surface area contributed by atoms with E-state index >= 15 is 0 Å². The molecule has 0 aliphatic carbocycles. The van der Waals surface area contributed by atoms with Gasteiger partial charge in [-0.1, -0.05) is 23.2 Å². The fourth-order valence-corrected chi connectivity index (χ4v) is 2.73. The number of halogens is 2. The highest BCUT2D eigenvalue weighted by molar-refractivity contribution is 6.42. The molecule has 0 spiro atoms. The third-order valence-electron chi connectivity index (χ3n) is 3.57. The number of carbonyl (C=O) groups is 2. The minimum absolute atomic E-state index is 0.0147. The van der Waals surface area contributed by atoms with E-state index in [0.717, 1.165) is 0 Å². The summed E-state index contributed by atoms with van der Waals surface area (Å²) in [6.07, 6.45) is 0.204. The maximum absolute atomic E-state index is 12.1. The van der Waals surface area contributed by atoms with Crippen molar-refractivity contribution in [3.63, 3.8) is 0 Å². The molecule has 1 aliphatic rings. The molecule has 1 aliphatic heterocycles. The van der Waals surface area contributed by atoms with E-state index in [1.54, 1.807) is 19.1 Å². The third kappa shape index (κ3) is 3.87. The van der Waals surface area contributed by atoms with Crippen LogP contribution in [0.15, 0.2) is 18.2 Å². The van der Waals surface area contributed by atoms with Crippen LogP contribution in [0.4, 0.5) is 5.69 Å². The van der Waals surface area contributed by atoms with Gasteiger partial charge in [0.15, 0.2) is 0 Å². The number of aliphatic hydroxyl groups excluding tert-OH is 1. The number of hydrogen-bond acceptors (Lipinski definition) is 3. The molecule has 0 radical (unpaired) electrons. The van der Waals surface area contributed by atoms with Gasteiger partial charge in [0.05, 0.1) is 16.8 Å². The molecule has 1 fully saturated rings. The van der Waals surface area contributed by atoms with E-state index in [-0.39, 0.29) is 10.9 Å². The van der Waals surface area contributed by atoms with Gasteiger partial charge in [-0.25, -0.2) is 0 Å². The van der Waals surface area contributed by atoms with Crippen molar-refractivity contribution in [2.45, 2.75) is 19.4 Å². The minimum atomic E-state index is -0.745. The first-order valence-electron chi connectivity index (χ1n) is 6.62. The predicted octanol–water partition coefficient (Wildman–Crippen LogP) is 2.16. The maximum Gasteiger partial charge on any atom is 0.313 e. The van der Waals surface area contributed by atoms with Crippen molar-refractivity contribution in [1.29, 1.82) is 0 Å². The Morgan fingerprint density at radius 3 is 2.71 bits per heavy atom. The Kier molecular flexibility index (Phi) is 5.08. The molecule has 1 aromatic carbocycles. The molecular formula is C14H16Cl2N2O3. The molecule has 2 atom stereocenters. The van der Waals surface area contributed by atoms with E-state index < -0.39 is 17.9 Å². The number of nitrogens with zero attached hydrogens (tertiary/aromatic N) is 1. The molecule has 1 heterocycles. The van der Waals surface area contributed by atoms with Gasteiger partial charge in [-0.15, -0.1) is 0 Å². The Morgan fingerprint density at radius 2 is 2.14 bits per heavy atom. The van der Waals surface area contributed by atoms with E-state index in [9.17, 15) is 14.7 Å². The lowest BCUT2D eigenvalue weighted by Gasteiger charge is -2.17. The normalized spacial score (nSPS) is 19.4. The molecule has 0 saturated carbocycles. The SMILES string of the molecule is CC(O)C1CCN(C(=O)C(=O)Nc2ccc(Cl)cc2Cl)C1. The Balaban J connectivity index is 1.99. The molecule has 0 bridgehead atoms. The van der Waals surface area contributed by atoms with Crippen molar-refractivity contribution in [3.05, 3.63) is 28.2 Å². The van der Waals surface area contributed by atoms with Gasteiger partial charge in [0.25, 0.3) is 0 Å². The van der Waals surface area contributed by atoms with E-state index in [2.05, 4.69) is 5.32 Å². The fourth-order valence-electron chi connectivity index (χ4n) is 2.28. The van der Waals surface area contributed by atoms with Crippen LogP contribution in [0.3, 0.4) is 0 Å². The van der Waals surface area contributed by atoms with Gasteiger partial charge in [0, 0.05) is 24.0 Å². The van der Waals surface area contributed by atoms with Gasteiger partial charge in [-0.3, -0.25) is 9.59 Å². The molecule has 2 unspecified atom stereocenters. The quantitative estimate of drug-likeness (QED) is 0.816. The number of aliphatic hydroxyl groups is 1. The summed E-state index contributed by atoms with van der Waals surface area (Å²) in [4.78, 5) is 25.5. The summed E-state index contributed by atoms with van der Waals surface area (Å²) >= 11 is 11.7. The number of nitrogens with one attached hydrogen (secondary N) is 1. The third-order valence-corrected chi connectivity index (χ3v) is 4.12. The first-order valence-corrected chi connectivity index (χ1v) is 7.37. The van der Waals surface area contributed by atoms with Gasteiger partial charge in [-0.05, 0) is 31.5 Å². The van der Waals surface area contributed by atoms with Crippen molar-refractivity contribution in [1.82, 2.24) is 4.90 Å². The molecular weight excluding hydrogens is 315 g/mol. The Hall–Kier alpha value is -1.30. The summed E-state index contributed by atoms with van der Waals surface area (Å²) in [7, 11) is 0. The smallest absolute Gasteiger partial charge is 0.313 e. The van der Waals surface area contributed by atoms with Crippen LogP contribution >= 0.6 is 23.2 Å². The largest absolute Gasteiger partial charge is 0.393 e. The number of rotatable bonds is 2. The lowest BCUT2D eigenvalue weighted by Crippen LogP contribution is -2.38. The van der Waals surface area contributed by atoms with Crippen molar-refractivity contribution >= 4 is 40.7 Å². The molecule has 21 heavy (non-hydrogen) atoms. The number of hydrogen-bond donors (Lipinski definition) is 2. The highest BCUT2D eigenvalue weighted by Crippen LogP contribution is 2.26. The number of anilines is 1. The first kappa shape index (κ1) is 16.1. The average Bonchev–Trinajstić information content (AvgIpc) is 2.90. The second-order valence-electron chi connectivity index (χ2n) is 5.12. The summed E-state index contributed by atoms with van der Waals surface area (Å²) < 4.78 is 0. The predicted molar refractivity (Wildman–Crippen MR) is 81.5 cm³/mol. The number of benzene rings is 1. The molecule has 2 N–H and O–H groups in total. The highest BCUT2D eigenvalue weighted by atomic mass is 35.5. The lowest BCUT2D eigenvalue weighted by molar-refractivity contribution is -0.142. The summed E-state index contributed by atoms with van der Waals surface area (Å²) in [6.45, 7) is 2.54.